The van der Waals surface area contributed by atoms with E-state index < -0.39 is 0 Å². The van der Waals surface area contributed by atoms with Crippen LogP contribution in [0.1, 0.15) is 34.3 Å². The number of carbonyl (C=O) groups excluding carboxylic acids is 1. The Morgan fingerprint density at radius 3 is 2.69 bits per heavy atom. The molecular formula is C24H24N6O2. The first-order chi connectivity index (χ1) is 15.6. The number of hydrogen-bond acceptors (Lipinski definition) is 7. The summed E-state index contributed by atoms with van der Waals surface area (Å²) in [7, 11) is 0. The number of aromatic nitrogens is 2. The Bertz CT molecular complexity index is 1120. The molecule has 0 aliphatic carbocycles. The number of pyridine rings is 2. The topological polar surface area (TPSA) is 117 Å². The third-order valence-electron chi connectivity index (χ3n) is 5.39. The van der Waals surface area contributed by atoms with Crippen molar-refractivity contribution in [3.63, 3.8) is 0 Å². The first kappa shape index (κ1) is 21.1. The number of benzene rings is 1. The monoisotopic (exact) mass is 428 g/mol. The minimum absolute atomic E-state index is 0.0794. The van der Waals surface area contributed by atoms with Crippen molar-refractivity contribution in [2.24, 2.45) is 0 Å². The van der Waals surface area contributed by atoms with Gasteiger partial charge in [-0.3, -0.25) is 9.78 Å². The van der Waals surface area contributed by atoms with E-state index in [4.69, 9.17) is 15.7 Å². The van der Waals surface area contributed by atoms with Gasteiger partial charge in [-0.15, -0.1) is 0 Å². The summed E-state index contributed by atoms with van der Waals surface area (Å²) in [6.45, 7) is 1.93. The molecule has 2 aromatic heterocycles. The lowest BCUT2D eigenvalue weighted by Gasteiger charge is -2.33. The van der Waals surface area contributed by atoms with Crippen LogP contribution in [-0.4, -0.2) is 35.1 Å². The standard InChI is InChI=1S/C24H24N6O2/c25-15-18-2-1-3-20(14-18)32-19-8-12-30(13-9-19)22-5-4-21(23(26)29-22)24(31)28-16-17-6-10-27-11-7-17/h1-7,10-11,14,19H,8-9,12-13,16H2,(H2,26,29)(H,28,31). The molecule has 162 valence electrons. The average Bonchev–Trinajstić information content (AvgIpc) is 2.84. The molecule has 1 aromatic carbocycles. The average molecular weight is 428 g/mol. The fourth-order valence-electron chi connectivity index (χ4n) is 3.64. The summed E-state index contributed by atoms with van der Waals surface area (Å²) in [5, 5.41) is 11.9. The summed E-state index contributed by atoms with van der Waals surface area (Å²) in [6.07, 6.45) is 5.10. The number of ether oxygens (including phenoxy) is 1. The van der Waals surface area contributed by atoms with Gasteiger partial charge in [0.25, 0.3) is 5.91 Å². The second-order valence-electron chi connectivity index (χ2n) is 7.58. The molecule has 8 heteroatoms. The second-order valence-corrected chi connectivity index (χ2v) is 7.58. The minimum atomic E-state index is -0.259. The minimum Gasteiger partial charge on any atom is -0.490 e. The number of carbonyl (C=O) groups is 1. The number of nitrogens with one attached hydrogen (secondary N) is 1. The van der Waals surface area contributed by atoms with Crippen molar-refractivity contribution in [2.75, 3.05) is 23.7 Å². The van der Waals surface area contributed by atoms with Gasteiger partial charge in [0.2, 0.25) is 0 Å². The highest BCUT2D eigenvalue weighted by atomic mass is 16.5. The summed E-state index contributed by atoms with van der Waals surface area (Å²) in [6, 6.07) is 16.6. The molecule has 1 fully saturated rings. The van der Waals surface area contributed by atoms with Crippen LogP contribution in [0.15, 0.2) is 60.9 Å². The highest BCUT2D eigenvalue weighted by Crippen LogP contribution is 2.24. The maximum absolute atomic E-state index is 12.5. The lowest BCUT2D eigenvalue weighted by molar-refractivity contribution is 0.0951. The van der Waals surface area contributed by atoms with E-state index in [0.29, 0.717) is 23.4 Å². The van der Waals surface area contributed by atoms with Crippen molar-refractivity contribution >= 4 is 17.5 Å². The Hall–Kier alpha value is -4.12. The largest absolute Gasteiger partial charge is 0.490 e. The Balaban J connectivity index is 1.32. The van der Waals surface area contributed by atoms with Crippen molar-refractivity contribution in [3.8, 4) is 11.8 Å². The molecule has 0 unspecified atom stereocenters. The predicted molar refractivity (Wildman–Crippen MR) is 121 cm³/mol. The molecule has 3 heterocycles. The van der Waals surface area contributed by atoms with E-state index in [1.807, 2.05) is 30.3 Å². The molecule has 32 heavy (non-hydrogen) atoms. The van der Waals surface area contributed by atoms with Gasteiger partial charge in [0.05, 0.1) is 17.2 Å². The van der Waals surface area contributed by atoms with Crippen LogP contribution in [0.2, 0.25) is 0 Å². The van der Waals surface area contributed by atoms with Gasteiger partial charge >= 0.3 is 0 Å². The van der Waals surface area contributed by atoms with E-state index in [9.17, 15) is 4.79 Å². The highest BCUT2D eigenvalue weighted by Gasteiger charge is 2.22. The van der Waals surface area contributed by atoms with Crippen LogP contribution < -0.4 is 20.7 Å². The number of nitriles is 1. The smallest absolute Gasteiger partial charge is 0.255 e. The van der Waals surface area contributed by atoms with E-state index in [2.05, 4.69) is 26.3 Å². The first-order valence-electron chi connectivity index (χ1n) is 10.5. The van der Waals surface area contributed by atoms with Crippen LogP contribution in [0.25, 0.3) is 0 Å². The van der Waals surface area contributed by atoms with E-state index in [1.165, 1.54) is 0 Å². The molecule has 0 radical (unpaired) electrons. The quantitative estimate of drug-likeness (QED) is 0.620. The molecule has 1 amide bonds. The third-order valence-corrected chi connectivity index (χ3v) is 5.39. The molecule has 1 saturated heterocycles. The maximum Gasteiger partial charge on any atom is 0.255 e. The summed E-state index contributed by atoms with van der Waals surface area (Å²) in [4.78, 5) is 23.1. The molecule has 0 spiro atoms. The molecule has 3 aromatic rings. The van der Waals surface area contributed by atoms with Crippen molar-refractivity contribution in [3.05, 3.63) is 77.6 Å². The van der Waals surface area contributed by atoms with Gasteiger partial charge in [-0.25, -0.2) is 4.98 Å². The molecule has 8 nitrogen and oxygen atoms in total. The van der Waals surface area contributed by atoms with Gasteiger partial charge in [-0.1, -0.05) is 6.07 Å². The number of piperidine rings is 1. The van der Waals surface area contributed by atoms with Gasteiger partial charge in [-0.05, 0) is 48.0 Å². The number of anilines is 2. The summed E-state index contributed by atoms with van der Waals surface area (Å²) in [5.74, 6) is 1.41. The molecular weight excluding hydrogens is 404 g/mol. The zero-order valence-electron chi connectivity index (χ0n) is 17.6. The summed E-state index contributed by atoms with van der Waals surface area (Å²) < 4.78 is 6.04. The van der Waals surface area contributed by atoms with Gasteiger partial charge in [0, 0.05) is 44.9 Å². The highest BCUT2D eigenvalue weighted by molar-refractivity contribution is 5.98. The van der Waals surface area contributed by atoms with Crippen molar-refractivity contribution in [1.82, 2.24) is 15.3 Å². The van der Waals surface area contributed by atoms with Crippen LogP contribution in [0.4, 0.5) is 11.6 Å². The van der Waals surface area contributed by atoms with Gasteiger partial charge in [0.1, 0.15) is 23.5 Å². The summed E-state index contributed by atoms with van der Waals surface area (Å²) in [5.41, 5.74) is 8.00. The van der Waals surface area contributed by atoms with E-state index >= 15 is 0 Å². The normalized spacial score (nSPS) is 13.9. The Kier molecular flexibility index (Phi) is 6.46. The zero-order valence-corrected chi connectivity index (χ0v) is 17.6. The molecule has 0 saturated carbocycles. The number of nitrogens with zero attached hydrogens (tertiary/aromatic N) is 4. The first-order valence-corrected chi connectivity index (χ1v) is 10.5. The fourth-order valence-corrected chi connectivity index (χ4v) is 3.64. The van der Waals surface area contributed by atoms with Crippen LogP contribution in [0, 0.1) is 11.3 Å². The Morgan fingerprint density at radius 2 is 1.97 bits per heavy atom. The predicted octanol–water partition coefficient (Wildman–Crippen LogP) is 2.91. The van der Waals surface area contributed by atoms with Crippen LogP contribution in [0.3, 0.4) is 0 Å². The van der Waals surface area contributed by atoms with Gasteiger partial charge in [-0.2, -0.15) is 5.26 Å². The molecule has 3 N–H and O–H groups in total. The number of rotatable bonds is 6. The number of amides is 1. The van der Waals surface area contributed by atoms with E-state index in [0.717, 1.165) is 37.3 Å². The number of hydrogen-bond donors (Lipinski definition) is 2. The molecule has 0 bridgehead atoms. The van der Waals surface area contributed by atoms with Crippen LogP contribution >= 0.6 is 0 Å². The van der Waals surface area contributed by atoms with Crippen molar-refractivity contribution in [1.29, 1.82) is 5.26 Å². The van der Waals surface area contributed by atoms with Crippen molar-refractivity contribution < 1.29 is 9.53 Å². The Morgan fingerprint density at radius 1 is 1.19 bits per heavy atom. The molecule has 1 aliphatic rings. The lowest BCUT2D eigenvalue weighted by Crippen LogP contribution is -2.38. The Labute approximate surface area is 186 Å². The van der Waals surface area contributed by atoms with Crippen LogP contribution in [0.5, 0.6) is 5.75 Å². The molecule has 0 atom stereocenters. The maximum atomic E-state index is 12.5. The second kappa shape index (κ2) is 9.79. The number of nitrogen functional groups attached to an aromatic ring is 1. The van der Waals surface area contributed by atoms with Crippen LogP contribution in [-0.2, 0) is 6.54 Å². The SMILES string of the molecule is N#Cc1cccc(OC2CCN(c3ccc(C(=O)NCc4ccncc4)c(N)n3)CC2)c1. The van der Waals surface area contributed by atoms with Gasteiger partial charge < -0.3 is 20.7 Å². The van der Waals surface area contributed by atoms with Crippen molar-refractivity contribution in [2.45, 2.75) is 25.5 Å². The zero-order chi connectivity index (χ0) is 22.3. The molecule has 1 aliphatic heterocycles. The third kappa shape index (κ3) is 5.13. The van der Waals surface area contributed by atoms with E-state index in [1.54, 1.807) is 30.6 Å². The number of nitrogens with two attached hydrogens (primary N) is 1. The lowest BCUT2D eigenvalue weighted by atomic mass is 10.1. The molecule has 4 rings (SSSR count). The van der Waals surface area contributed by atoms with E-state index in [-0.39, 0.29) is 17.8 Å². The summed E-state index contributed by atoms with van der Waals surface area (Å²) >= 11 is 0. The van der Waals surface area contributed by atoms with Gasteiger partial charge in [0.15, 0.2) is 0 Å². The fraction of sp³-hybridized carbons (Fsp3) is 0.250.